The van der Waals surface area contributed by atoms with Gasteiger partial charge in [0.1, 0.15) is 0 Å². The summed E-state index contributed by atoms with van der Waals surface area (Å²) in [7, 11) is 0. The van der Waals surface area contributed by atoms with Gasteiger partial charge in [-0.3, -0.25) is 4.79 Å². The molecular formula is C15H24O3. The standard InChI is InChI=1S/C15H24O3/c1-13(2)10-6-8-14(3)7-4-5-11(12(16)17)15(14,9-10)18-13/h10-11H,4-9H2,1-3H3,(H,16,17). The third-order valence-electron chi connectivity index (χ3n) is 6.13. The zero-order chi connectivity index (χ0) is 13.2. The molecule has 1 aliphatic heterocycles. The number of carbonyl (C=O) groups is 1. The van der Waals surface area contributed by atoms with Gasteiger partial charge in [0.25, 0.3) is 0 Å². The van der Waals surface area contributed by atoms with Crippen LogP contribution in [0.15, 0.2) is 0 Å². The lowest BCUT2D eigenvalue weighted by molar-refractivity contribution is -0.206. The van der Waals surface area contributed by atoms with Crippen LogP contribution < -0.4 is 0 Å². The average Bonchev–Trinajstić information content (AvgIpc) is 2.49. The van der Waals surface area contributed by atoms with Crippen molar-refractivity contribution in [1.29, 1.82) is 0 Å². The number of ether oxygens (including phenoxy) is 1. The van der Waals surface area contributed by atoms with E-state index in [0.717, 1.165) is 32.1 Å². The number of carboxylic acids is 1. The smallest absolute Gasteiger partial charge is 0.309 e. The molecule has 0 aromatic carbocycles. The zero-order valence-electron chi connectivity index (χ0n) is 11.7. The summed E-state index contributed by atoms with van der Waals surface area (Å²) in [6.45, 7) is 6.55. The highest BCUT2D eigenvalue weighted by Crippen LogP contribution is 2.65. The van der Waals surface area contributed by atoms with Crippen LogP contribution in [-0.2, 0) is 9.53 Å². The van der Waals surface area contributed by atoms with Crippen LogP contribution in [0.4, 0.5) is 0 Å². The third kappa shape index (κ3) is 1.37. The van der Waals surface area contributed by atoms with Gasteiger partial charge < -0.3 is 9.84 Å². The molecular weight excluding hydrogens is 228 g/mol. The molecule has 3 fully saturated rings. The van der Waals surface area contributed by atoms with E-state index in [9.17, 15) is 9.90 Å². The Morgan fingerprint density at radius 3 is 2.61 bits per heavy atom. The van der Waals surface area contributed by atoms with Crippen LogP contribution in [0, 0.1) is 17.3 Å². The summed E-state index contributed by atoms with van der Waals surface area (Å²) in [5, 5.41) is 9.60. The fourth-order valence-corrected chi connectivity index (χ4v) is 4.95. The van der Waals surface area contributed by atoms with Crippen molar-refractivity contribution in [3.05, 3.63) is 0 Å². The van der Waals surface area contributed by atoms with Crippen molar-refractivity contribution in [2.45, 2.75) is 70.5 Å². The van der Waals surface area contributed by atoms with E-state index in [0.29, 0.717) is 5.92 Å². The van der Waals surface area contributed by atoms with Crippen molar-refractivity contribution in [2.24, 2.45) is 17.3 Å². The summed E-state index contributed by atoms with van der Waals surface area (Å²) in [6, 6.07) is 0. The number of aliphatic carboxylic acids is 1. The normalized spacial score (nSPS) is 49.7. The van der Waals surface area contributed by atoms with Crippen LogP contribution in [0.3, 0.4) is 0 Å². The van der Waals surface area contributed by atoms with Gasteiger partial charge in [0.15, 0.2) is 0 Å². The Hall–Kier alpha value is -0.570. The molecule has 4 unspecified atom stereocenters. The molecule has 1 N–H and O–H groups in total. The van der Waals surface area contributed by atoms with Crippen LogP contribution in [0.1, 0.15) is 59.3 Å². The van der Waals surface area contributed by atoms with Crippen molar-refractivity contribution in [2.75, 3.05) is 0 Å². The molecule has 1 saturated heterocycles. The Labute approximate surface area is 109 Å². The van der Waals surface area contributed by atoms with Crippen molar-refractivity contribution >= 4 is 5.97 Å². The Balaban J connectivity index is 2.07. The van der Waals surface area contributed by atoms with Crippen LogP contribution in [-0.4, -0.2) is 22.3 Å². The van der Waals surface area contributed by atoms with Gasteiger partial charge in [0.2, 0.25) is 0 Å². The summed E-state index contributed by atoms with van der Waals surface area (Å²) >= 11 is 0. The summed E-state index contributed by atoms with van der Waals surface area (Å²) < 4.78 is 6.46. The SMILES string of the molecule is CC1(C)OC23CC1CCC2(C)CCCC3C(=O)O. The van der Waals surface area contributed by atoms with Gasteiger partial charge in [0.05, 0.1) is 17.1 Å². The molecule has 0 amide bonds. The van der Waals surface area contributed by atoms with Crippen molar-refractivity contribution in [3.8, 4) is 0 Å². The Kier molecular flexibility index (Phi) is 2.42. The highest BCUT2D eigenvalue weighted by Gasteiger charge is 2.67. The lowest BCUT2D eigenvalue weighted by Crippen LogP contribution is -2.58. The van der Waals surface area contributed by atoms with E-state index in [1.165, 1.54) is 6.42 Å². The maximum absolute atomic E-state index is 11.7. The maximum atomic E-state index is 11.7. The highest BCUT2D eigenvalue weighted by atomic mass is 16.5. The first kappa shape index (κ1) is 12.5. The zero-order valence-corrected chi connectivity index (χ0v) is 11.7. The quantitative estimate of drug-likeness (QED) is 0.779. The molecule has 4 atom stereocenters. The fourth-order valence-electron chi connectivity index (χ4n) is 4.95. The molecule has 3 aliphatic rings. The van der Waals surface area contributed by atoms with E-state index in [-0.39, 0.29) is 16.9 Å². The monoisotopic (exact) mass is 252 g/mol. The second kappa shape index (κ2) is 3.50. The van der Waals surface area contributed by atoms with Crippen LogP contribution in [0.25, 0.3) is 0 Å². The molecule has 3 heteroatoms. The maximum Gasteiger partial charge on any atom is 0.309 e. The molecule has 3 rings (SSSR count). The van der Waals surface area contributed by atoms with E-state index in [4.69, 9.17) is 4.74 Å². The predicted molar refractivity (Wildman–Crippen MR) is 68.3 cm³/mol. The largest absolute Gasteiger partial charge is 0.481 e. The van der Waals surface area contributed by atoms with Crippen molar-refractivity contribution < 1.29 is 14.6 Å². The van der Waals surface area contributed by atoms with Gasteiger partial charge in [0, 0.05) is 0 Å². The Morgan fingerprint density at radius 2 is 1.94 bits per heavy atom. The molecule has 102 valence electrons. The van der Waals surface area contributed by atoms with Gasteiger partial charge in [-0.1, -0.05) is 13.3 Å². The van der Waals surface area contributed by atoms with E-state index >= 15 is 0 Å². The predicted octanol–water partition coefficient (Wildman–Crippen LogP) is 3.23. The number of rotatable bonds is 1. The van der Waals surface area contributed by atoms with Gasteiger partial charge >= 0.3 is 5.97 Å². The molecule has 1 spiro atoms. The average molecular weight is 252 g/mol. The van der Waals surface area contributed by atoms with Crippen LogP contribution in [0.5, 0.6) is 0 Å². The molecule has 1 heterocycles. The molecule has 18 heavy (non-hydrogen) atoms. The fraction of sp³-hybridized carbons (Fsp3) is 0.933. The summed E-state index contributed by atoms with van der Waals surface area (Å²) in [4.78, 5) is 11.7. The first-order chi connectivity index (χ1) is 8.31. The highest BCUT2D eigenvalue weighted by molar-refractivity contribution is 5.72. The molecule has 0 aromatic rings. The Bertz CT molecular complexity index is 389. The molecule has 2 bridgehead atoms. The Morgan fingerprint density at radius 1 is 1.22 bits per heavy atom. The van der Waals surface area contributed by atoms with E-state index in [1.54, 1.807) is 0 Å². The lowest BCUT2D eigenvalue weighted by Gasteiger charge is -2.54. The molecule has 0 aromatic heterocycles. The number of hydrogen-bond donors (Lipinski definition) is 1. The van der Waals surface area contributed by atoms with Gasteiger partial charge in [-0.05, 0) is 57.3 Å². The van der Waals surface area contributed by atoms with Gasteiger partial charge in [-0.15, -0.1) is 0 Å². The topological polar surface area (TPSA) is 46.5 Å². The number of hydrogen-bond acceptors (Lipinski definition) is 2. The molecule has 0 radical (unpaired) electrons. The van der Waals surface area contributed by atoms with E-state index < -0.39 is 11.6 Å². The van der Waals surface area contributed by atoms with Gasteiger partial charge in [-0.2, -0.15) is 0 Å². The van der Waals surface area contributed by atoms with Crippen molar-refractivity contribution in [1.82, 2.24) is 0 Å². The number of carboxylic acid groups (broad SMARTS) is 1. The minimum absolute atomic E-state index is 0.0680. The number of fused-ring (bicyclic) bond motifs is 1. The van der Waals surface area contributed by atoms with Gasteiger partial charge in [-0.25, -0.2) is 0 Å². The van der Waals surface area contributed by atoms with E-state index in [2.05, 4.69) is 20.8 Å². The summed E-state index contributed by atoms with van der Waals surface area (Å²) in [5.74, 6) is -0.425. The third-order valence-corrected chi connectivity index (χ3v) is 6.13. The first-order valence-electron chi connectivity index (χ1n) is 7.24. The first-order valence-corrected chi connectivity index (χ1v) is 7.24. The second-order valence-corrected chi connectivity index (χ2v) is 7.38. The minimum atomic E-state index is -0.653. The van der Waals surface area contributed by atoms with Crippen LogP contribution in [0.2, 0.25) is 0 Å². The van der Waals surface area contributed by atoms with Crippen molar-refractivity contribution in [3.63, 3.8) is 0 Å². The summed E-state index contributed by atoms with van der Waals surface area (Å²) in [6.07, 6.45) is 6.22. The molecule has 3 nitrogen and oxygen atoms in total. The van der Waals surface area contributed by atoms with Crippen LogP contribution >= 0.6 is 0 Å². The van der Waals surface area contributed by atoms with E-state index in [1.807, 2.05) is 0 Å². The molecule has 2 aliphatic carbocycles. The summed E-state index contributed by atoms with van der Waals surface area (Å²) in [5.41, 5.74) is -0.481. The minimum Gasteiger partial charge on any atom is -0.481 e. The lowest BCUT2D eigenvalue weighted by atomic mass is 9.52. The molecule has 2 saturated carbocycles. The second-order valence-electron chi connectivity index (χ2n) is 7.38.